The van der Waals surface area contributed by atoms with Gasteiger partial charge in [0.05, 0.1) is 11.1 Å². The van der Waals surface area contributed by atoms with Crippen molar-refractivity contribution in [2.24, 2.45) is 5.73 Å². The highest BCUT2D eigenvalue weighted by atomic mass is 16.5. The number of amides is 5. The van der Waals surface area contributed by atoms with E-state index in [1.54, 1.807) is 6.07 Å². The number of benzene rings is 1. The largest absolute Gasteiger partial charge is 0.483 e. The van der Waals surface area contributed by atoms with E-state index in [1.807, 2.05) is 0 Å². The summed E-state index contributed by atoms with van der Waals surface area (Å²) in [6.07, 6.45) is 6.39. The Hall–Kier alpha value is -3.27. The molecule has 0 radical (unpaired) electrons. The predicted octanol–water partition coefficient (Wildman–Crippen LogP) is 0.882. The number of nitrogens with one attached hydrogen (secondary N) is 2. The lowest BCUT2D eigenvalue weighted by Crippen LogP contribution is -2.54. The Morgan fingerprint density at radius 3 is 2.52 bits per heavy atom. The van der Waals surface area contributed by atoms with Crippen LogP contribution in [0.2, 0.25) is 0 Å². The summed E-state index contributed by atoms with van der Waals surface area (Å²) in [4.78, 5) is 62.4. The summed E-state index contributed by atoms with van der Waals surface area (Å²) in [7, 11) is 0. The van der Waals surface area contributed by atoms with Gasteiger partial charge in [0.15, 0.2) is 6.61 Å². The highest BCUT2D eigenvalue weighted by molar-refractivity contribution is 6.24. The van der Waals surface area contributed by atoms with Gasteiger partial charge in [0.2, 0.25) is 11.8 Å². The molecule has 1 aromatic rings. The van der Waals surface area contributed by atoms with Gasteiger partial charge in [-0.2, -0.15) is 0 Å². The average Bonchev–Trinajstić information content (AvgIpc) is 3.05. The smallest absolute Gasteiger partial charge is 0.266 e. The van der Waals surface area contributed by atoms with Crippen LogP contribution in [0.25, 0.3) is 0 Å². The first kappa shape index (κ1) is 24.4. The van der Waals surface area contributed by atoms with Crippen molar-refractivity contribution in [3.63, 3.8) is 0 Å². The van der Waals surface area contributed by atoms with Gasteiger partial charge < -0.3 is 15.8 Å². The molecule has 2 aliphatic rings. The predicted molar refractivity (Wildman–Crippen MR) is 118 cm³/mol. The molecule has 0 bridgehead atoms. The summed E-state index contributed by atoms with van der Waals surface area (Å²) >= 11 is 0. The Morgan fingerprint density at radius 2 is 1.79 bits per heavy atom. The molecular formula is C23H30N4O6. The molecule has 33 heavy (non-hydrogen) atoms. The molecule has 2 aliphatic heterocycles. The monoisotopic (exact) mass is 458 g/mol. The number of hydrogen-bond donors (Lipinski definition) is 3. The maximum atomic E-state index is 13.0. The maximum absolute atomic E-state index is 13.0. The van der Waals surface area contributed by atoms with Crippen molar-refractivity contribution in [1.29, 1.82) is 0 Å². The minimum Gasteiger partial charge on any atom is -0.483 e. The van der Waals surface area contributed by atoms with Crippen LogP contribution in [0.4, 0.5) is 0 Å². The number of rotatable bonds is 12. The lowest BCUT2D eigenvalue weighted by Gasteiger charge is -2.27. The molecule has 0 saturated carbocycles. The molecule has 3 rings (SSSR count). The molecule has 1 aromatic carbocycles. The Morgan fingerprint density at radius 1 is 1.06 bits per heavy atom. The van der Waals surface area contributed by atoms with Gasteiger partial charge in [-0.1, -0.05) is 31.7 Å². The van der Waals surface area contributed by atoms with Crippen LogP contribution in [0.3, 0.4) is 0 Å². The molecule has 1 atom stereocenters. The third-order valence-corrected chi connectivity index (χ3v) is 5.74. The van der Waals surface area contributed by atoms with Crippen molar-refractivity contribution in [1.82, 2.24) is 15.5 Å². The number of piperidine rings is 1. The molecule has 0 aliphatic carbocycles. The van der Waals surface area contributed by atoms with Crippen LogP contribution in [0.5, 0.6) is 5.75 Å². The molecular weight excluding hydrogens is 428 g/mol. The Labute approximate surface area is 192 Å². The Bertz CT molecular complexity index is 932. The van der Waals surface area contributed by atoms with Gasteiger partial charge in [-0.15, -0.1) is 0 Å². The number of nitrogens with two attached hydrogens (primary N) is 1. The number of hydrogen-bond acceptors (Lipinski definition) is 7. The fourth-order valence-corrected chi connectivity index (χ4v) is 4.00. The lowest BCUT2D eigenvalue weighted by molar-refractivity contribution is -0.136. The van der Waals surface area contributed by atoms with E-state index in [0.29, 0.717) is 6.54 Å². The van der Waals surface area contributed by atoms with Crippen molar-refractivity contribution in [2.75, 3.05) is 19.7 Å². The van der Waals surface area contributed by atoms with Crippen LogP contribution in [0.15, 0.2) is 18.2 Å². The van der Waals surface area contributed by atoms with Crippen molar-refractivity contribution in [3.05, 3.63) is 29.3 Å². The summed E-state index contributed by atoms with van der Waals surface area (Å²) < 4.78 is 5.55. The summed E-state index contributed by atoms with van der Waals surface area (Å²) in [6.45, 7) is 0.953. The number of ether oxygens (including phenoxy) is 1. The first-order valence-electron chi connectivity index (χ1n) is 11.4. The molecule has 10 nitrogen and oxygen atoms in total. The first-order valence-corrected chi connectivity index (χ1v) is 11.4. The van der Waals surface area contributed by atoms with Crippen LogP contribution < -0.4 is 21.1 Å². The number of carbonyl (C=O) groups excluding carboxylic acids is 5. The molecule has 1 saturated heterocycles. The molecule has 178 valence electrons. The lowest BCUT2D eigenvalue weighted by atomic mass is 10.0. The van der Waals surface area contributed by atoms with Crippen molar-refractivity contribution >= 4 is 29.5 Å². The normalized spacial score (nSPS) is 17.7. The first-order chi connectivity index (χ1) is 15.9. The Kier molecular flexibility index (Phi) is 8.53. The fraction of sp³-hybridized carbons (Fsp3) is 0.522. The zero-order valence-electron chi connectivity index (χ0n) is 18.6. The van der Waals surface area contributed by atoms with Gasteiger partial charge >= 0.3 is 0 Å². The SMILES string of the molecule is NCCCCCCCCNC(=O)COc1cccc2c1C(=O)N(C1CCC(=O)NC1=O)C2=O. The molecule has 2 heterocycles. The maximum Gasteiger partial charge on any atom is 0.266 e. The zero-order chi connectivity index (χ0) is 23.8. The summed E-state index contributed by atoms with van der Waals surface area (Å²) in [5.41, 5.74) is 5.60. The second-order valence-electron chi connectivity index (χ2n) is 8.17. The van der Waals surface area contributed by atoms with Crippen LogP contribution in [-0.2, 0) is 14.4 Å². The molecule has 0 spiro atoms. The van der Waals surface area contributed by atoms with Gasteiger partial charge in [0, 0.05) is 13.0 Å². The van der Waals surface area contributed by atoms with E-state index in [9.17, 15) is 24.0 Å². The molecule has 5 amide bonds. The second kappa shape index (κ2) is 11.6. The quantitative estimate of drug-likeness (QED) is 0.311. The standard InChI is InChI=1S/C23H30N4O6/c24-12-5-3-1-2-4-6-13-25-19(29)14-33-17-9-7-8-15-20(17)23(32)27(22(15)31)16-10-11-18(28)26-21(16)30/h7-9,16H,1-6,10-14,24H2,(H,25,29)(H,26,28,30). The molecule has 1 fully saturated rings. The van der Waals surface area contributed by atoms with E-state index in [2.05, 4.69) is 10.6 Å². The Balaban J connectivity index is 1.52. The molecule has 0 aromatic heterocycles. The minimum atomic E-state index is -1.05. The number of fused-ring (bicyclic) bond motifs is 1. The summed E-state index contributed by atoms with van der Waals surface area (Å²) in [6, 6.07) is 3.48. The van der Waals surface area contributed by atoms with Gasteiger partial charge in [0.25, 0.3) is 17.7 Å². The van der Waals surface area contributed by atoms with Crippen molar-refractivity contribution in [2.45, 2.75) is 57.4 Å². The highest BCUT2D eigenvalue weighted by Crippen LogP contribution is 2.33. The highest BCUT2D eigenvalue weighted by Gasteiger charge is 2.46. The second-order valence-corrected chi connectivity index (χ2v) is 8.17. The summed E-state index contributed by atoms with van der Waals surface area (Å²) in [5.74, 6) is -2.62. The molecule has 10 heteroatoms. The van der Waals surface area contributed by atoms with Crippen LogP contribution in [-0.4, -0.2) is 60.2 Å². The number of carbonyl (C=O) groups is 5. The molecule has 1 unspecified atom stereocenters. The van der Waals surface area contributed by atoms with Crippen LogP contribution in [0.1, 0.15) is 72.1 Å². The van der Waals surface area contributed by atoms with Crippen LogP contribution >= 0.6 is 0 Å². The van der Waals surface area contributed by atoms with Crippen LogP contribution in [0, 0.1) is 0 Å². The number of nitrogens with zero attached hydrogens (tertiary/aromatic N) is 1. The third kappa shape index (κ3) is 5.95. The van der Waals surface area contributed by atoms with Gasteiger partial charge in [-0.25, -0.2) is 0 Å². The van der Waals surface area contributed by atoms with E-state index < -0.39 is 29.7 Å². The molecule has 4 N–H and O–H groups in total. The van der Waals surface area contributed by atoms with E-state index in [1.165, 1.54) is 12.1 Å². The van der Waals surface area contributed by atoms with E-state index >= 15 is 0 Å². The number of unbranched alkanes of at least 4 members (excludes halogenated alkanes) is 5. The van der Waals surface area contributed by atoms with Crippen molar-refractivity contribution < 1.29 is 28.7 Å². The zero-order valence-corrected chi connectivity index (χ0v) is 18.6. The van der Waals surface area contributed by atoms with E-state index in [0.717, 1.165) is 50.0 Å². The van der Waals surface area contributed by atoms with Gasteiger partial charge in [-0.05, 0) is 37.9 Å². The number of imide groups is 2. The fourth-order valence-electron chi connectivity index (χ4n) is 4.00. The van der Waals surface area contributed by atoms with Gasteiger partial charge in [0.1, 0.15) is 11.8 Å². The van der Waals surface area contributed by atoms with E-state index in [-0.39, 0.29) is 42.2 Å². The topological polar surface area (TPSA) is 148 Å². The third-order valence-electron chi connectivity index (χ3n) is 5.74. The minimum absolute atomic E-state index is 0.0254. The summed E-state index contributed by atoms with van der Waals surface area (Å²) in [5, 5.41) is 4.94. The van der Waals surface area contributed by atoms with Crippen molar-refractivity contribution in [3.8, 4) is 5.75 Å². The van der Waals surface area contributed by atoms with Gasteiger partial charge in [-0.3, -0.25) is 34.2 Å². The van der Waals surface area contributed by atoms with E-state index in [4.69, 9.17) is 10.5 Å². The average molecular weight is 459 g/mol.